The van der Waals surface area contributed by atoms with Gasteiger partial charge in [-0.2, -0.15) is 0 Å². The summed E-state index contributed by atoms with van der Waals surface area (Å²) in [5.41, 5.74) is 1.27. The number of hydrogen-bond acceptors (Lipinski definition) is 4. The van der Waals surface area contributed by atoms with E-state index in [4.69, 9.17) is 4.74 Å². The lowest BCUT2D eigenvalue weighted by molar-refractivity contribution is -0.138. The van der Waals surface area contributed by atoms with E-state index in [9.17, 15) is 4.79 Å². The van der Waals surface area contributed by atoms with E-state index in [1.165, 1.54) is 5.56 Å². The Morgan fingerprint density at radius 3 is 2.70 bits per heavy atom. The summed E-state index contributed by atoms with van der Waals surface area (Å²) in [6.45, 7) is 5.63. The Morgan fingerprint density at radius 2 is 2.04 bits per heavy atom. The van der Waals surface area contributed by atoms with Gasteiger partial charge in [-0.25, -0.2) is 0 Å². The van der Waals surface area contributed by atoms with Crippen LogP contribution in [0.3, 0.4) is 0 Å². The minimum Gasteiger partial charge on any atom is -0.366 e. The molecule has 1 amide bonds. The van der Waals surface area contributed by atoms with Gasteiger partial charge in [-0.05, 0) is 19.5 Å². The molecule has 0 radical (unpaired) electrons. The predicted molar refractivity (Wildman–Crippen MR) is 97.5 cm³/mol. The van der Waals surface area contributed by atoms with Crippen LogP contribution in [0.4, 0.5) is 0 Å². The Labute approximate surface area is 151 Å². The summed E-state index contributed by atoms with van der Waals surface area (Å²) < 4.78 is 5.60. The Morgan fingerprint density at radius 1 is 1.35 bits per heavy atom. The number of morpholine rings is 1. The molecule has 132 valence electrons. The largest absolute Gasteiger partial charge is 0.366 e. The van der Waals surface area contributed by atoms with Crippen LogP contribution < -0.4 is 10.6 Å². The highest BCUT2D eigenvalue weighted by Crippen LogP contribution is 2.10. The number of carbonyl (C=O) groups is 1. The molecule has 0 saturated carbocycles. The van der Waals surface area contributed by atoms with Gasteiger partial charge in [0.05, 0.1) is 6.61 Å². The lowest BCUT2D eigenvalue weighted by atomic mass is 10.2. The highest BCUT2D eigenvalue weighted by atomic mass is 35.5. The summed E-state index contributed by atoms with van der Waals surface area (Å²) >= 11 is 0. The maximum absolute atomic E-state index is 12.1. The minimum absolute atomic E-state index is 0. The number of nitrogens with zero attached hydrogens (tertiary/aromatic N) is 1. The number of amides is 1. The molecule has 1 aliphatic heterocycles. The zero-order valence-electron chi connectivity index (χ0n) is 13.7. The number of likely N-dealkylation sites (N-methyl/N-ethyl adjacent to an activating group) is 1. The topological polar surface area (TPSA) is 53.6 Å². The summed E-state index contributed by atoms with van der Waals surface area (Å²) in [7, 11) is 1.88. The summed E-state index contributed by atoms with van der Waals surface area (Å²) in [6.07, 6.45) is -0.369. The molecule has 23 heavy (non-hydrogen) atoms. The van der Waals surface area contributed by atoms with E-state index in [0.29, 0.717) is 19.7 Å². The SMILES string of the molecule is CNC(C)CNC(=O)C1CN(Cc2ccccc2)CCO1.Cl.Cl. The van der Waals surface area contributed by atoms with Gasteiger partial charge >= 0.3 is 0 Å². The second kappa shape index (κ2) is 11.6. The van der Waals surface area contributed by atoms with Crippen LogP contribution in [0.15, 0.2) is 30.3 Å². The zero-order chi connectivity index (χ0) is 15.1. The Kier molecular flexibility index (Phi) is 11.2. The first kappa shape index (κ1) is 22.1. The Balaban J connectivity index is 0.00000242. The molecule has 1 aliphatic rings. The second-order valence-corrected chi connectivity index (χ2v) is 5.52. The number of halogens is 2. The van der Waals surface area contributed by atoms with Crippen LogP contribution in [0.2, 0.25) is 0 Å². The first-order valence-corrected chi connectivity index (χ1v) is 7.52. The van der Waals surface area contributed by atoms with Gasteiger partial charge in [-0.1, -0.05) is 30.3 Å². The molecule has 2 rings (SSSR count). The van der Waals surface area contributed by atoms with Gasteiger partial charge in [-0.15, -0.1) is 24.8 Å². The smallest absolute Gasteiger partial charge is 0.250 e. The molecule has 2 N–H and O–H groups in total. The second-order valence-electron chi connectivity index (χ2n) is 5.52. The van der Waals surface area contributed by atoms with E-state index in [1.54, 1.807) is 0 Å². The average Bonchev–Trinajstić information content (AvgIpc) is 2.53. The molecule has 0 aromatic heterocycles. The van der Waals surface area contributed by atoms with E-state index in [1.807, 2.05) is 32.2 Å². The van der Waals surface area contributed by atoms with Crippen molar-refractivity contribution in [1.29, 1.82) is 0 Å². The van der Waals surface area contributed by atoms with Crippen molar-refractivity contribution in [3.63, 3.8) is 0 Å². The fraction of sp³-hybridized carbons (Fsp3) is 0.562. The van der Waals surface area contributed by atoms with Crippen molar-refractivity contribution >= 4 is 30.7 Å². The zero-order valence-corrected chi connectivity index (χ0v) is 15.3. The van der Waals surface area contributed by atoms with E-state index < -0.39 is 0 Å². The number of benzene rings is 1. The molecule has 5 nitrogen and oxygen atoms in total. The van der Waals surface area contributed by atoms with Gasteiger partial charge < -0.3 is 15.4 Å². The van der Waals surface area contributed by atoms with Crippen LogP contribution in [0.1, 0.15) is 12.5 Å². The monoisotopic (exact) mass is 363 g/mol. The van der Waals surface area contributed by atoms with E-state index in [0.717, 1.165) is 13.1 Å². The Bertz CT molecular complexity index is 448. The van der Waals surface area contributed by atoms with Crippen LogP contribution in [-0.4, -0.2) is 56.2 Å². The standard InChI is InChI=1S/C16H25N3O2.2ClH/c1-13(17-2)10-18-16(20)15-12-19(8-9-21-15)11-14-6-4-3-5-7-14;;/h3-7,13,15,17H,8-12H2,1-2H3,(H,18,20);2*1H. The van der Waals surface area contributed by atoms with E-state index >= 15 is 0 Å². The third-order valence-electron chi connectivity index (χ3n) is 3.77. The fourth-order valence-corrected chi connectivity index (χ4v) is 2.32. The number of carbonyl (C=O) groups excluding carboxylic acids is 1. The first-order valence-electron chi connectivity index (χ1n) is 7.52. The van der Waals surface area contributed by atoms with Crippen molar-refractivity contribution in [2.45, 2.75) is 25.6 Å². The van der Waals surface area contributed by atoms with Crippen LogP contribution >= 0.6 is 24.8 Å². The summed E-state index contributed by atoms with van der Waals surface area (Å²) in [4.78, 5) is 14.4. The van der Waals surface area contributed by atoms with Crippen LogP contribution in [-0.2, 0) is 16.1 Å². The van der Waals surface area contributed by atoms with E-state index in [2.05, 4.69) is 27.7 Å². The van der Waals surface area contributed by atoms with Gasteiger partial charge in [0.25, 0.3) is 5.91 Å². The Hall–Kier alpha value is -0.850. The molecule has 1 fully saturated rings. The van der Waals surface area contributed by atoms with Crippen molar-refractivity contribution in [3.8, 4) is 0 Å². The predicted octanol–water partition coefficient (Wildman–Crippen LogP) is 1.46. The molecule has 1 aromatic carbocycles. The number of ether oxygens (including phenoxy) is 1. The maximum Gasteiger partial charge on any atom is 0.250 e. The summed E-state index contributed by atoms with van der Waals surface area (Å²) in [5.74, 6) is -0.0186. The van der Waals surface area contributed by atoms with E-state index in [-0.39, 0.29) is 42.9 Å². The van der Waals surface area contributed by atoms with Crippen molar-refractivity contribution in [2.75, 3.05) is 33.3 Å². The third-order valence-corrected chi connectivity index (χ3v) is 3.77. The average molecular weight is 364 g/mol. The van der Waals surface area contributed by atoms with Crippen molar-refractivity contribution < 1.29 is 9.53 Å². The van der Waals surface area contributed by atoms with Crippen LogP contribution in [0, 0.1) is 0 Å². The molecule has 1 saturated heterocycles. The molecular weight excluding hydrogens is 337 g/mol. The number of nitrogens with one attached hydrogen (secondary N) is 2. The molecule has 2 atom stereocenters. The summed E-state index contributed by atoms with van der Waals surface area (Å²) in [5, 5.41) is 6.03. The normalized spacial score (nSPS) is 19.1. The lowest BCUT2D eigenvalue weighted by Gasteiger charge is -2.32. The fourth-order valence-electron chi connectivity index (χ4n) is 2.32. The highest BCUT2D eigenvalue weighted by Gasteiger charge is 2.26. The molecule has 1 aromatic rings. The van der Waals surface area contributed by atoms with Crippen molar-refractivity contribution in [3.05, 3.63) is 35.9 Å². The van der Waals surface area contributed by atoms with Gasteiger partial charge in [-0.3, -0.25) is 9.69 Å². The summed E-state index contributed by atoms with van der Waals surface area (Å²) in [6, 6.07) is 10.6. The molecule has 2 unspecified atom stereocenters. The number of rotatable bonds is 6. The van der Waals surface area contributed by atoms with Gasteiger partial charge in [0.15, 0.2) is 0 Å². The quantitative estimate of drug-likeness (QED) is 0.803. The molecule has 1 heterocycles. The molecule has 0 bridgehead atoms. The van der Waals surface area contributed by atoms with Gasteiger partial charge in [0.1, 0.15) is 6.10 Å². The van der Waals surface area contributed by atoms with Crippen LogP contribution in [0.25, 0.3) is 0 Å². The first-order chi connectivity index (χ1) is 10.2. The highest BCUT2D eigenvalue weighted by molar-refractivity contribution is 5.85. The molecule has 0 aliphatic carbocycles. The van der Waals surface area contributed by atoms with Crippen molar-refractivity contribution in [2.24, 2.45) is 0 Å². The molecule has 0 spiro atoms. The number of hydrogen-bond donors (Lipinski definition) is 2. The van der Waals surface area contributed by atoms with Crippen LogP contribution in [0.5, 0.6) is 0 Å². The minimum atomic E-state index is -0.369. The molecular formula is C16H27Cl2N3O2. The third kappa shape index (κ3) is 7.50. The molecule has 7 heteroatoms. The van der Waals surface area contributed by atoms with Crippen molar-refractivity contribution in [1.82, 2.24) is 15.5 Å². The maximum atomic E-state index is 12.1. The van der Waals surface area contributed by atoms with Gasteiger partial charge in [0.2, 0.25) is 0 Å². The van der Waals surface area contributed by atoms with Gasteiger partial charge in [0, 0.05) is 32.2 Å². The lowest BCUT2D eigenvalue weighted by Crippen LogP contribution is -2.51.